The molecule has 4 nitrogen and oxygen atoms in total. The minimum atomic E-state index is -0.980. The fourth-order valence-electron chi connectivity index (χ4n) is 3.08. The molecule has 0 bridgehead atoms. The molecule has 2 aromatic carbocycles. The Labute approximate surface area is 135 Å². The van der Waals surface area contributed by atoms with Crippen LogP contribution in [-0.2, 0) is 16.8 Å². The second kappa shape index (κ2) is 6.24. The van der Waals surface area contributed by atoms with Crippen molar-refractivity contribution in [1.82, 2.24) is 5.32 Å². The van der Waals surface area contributed by atoms with E-state index in [0.29, 0.717) is 5.56 Å². The number of carboxylic acids is 1. The van der Waals surface area contributed by atoms with Crippen LogP contribution in [0.4, 0.5) is 0 Å². The van der Waals surface area contributed by atoms with Crippen molar-refractivity contribution in [3.8, 4) is 0 Å². The van der Waals surface area contributed by atoms with Crippen molar-refractivity contribution in [3.05, 3.63) is 71.3 Å². The Balaban J connectivity index is 1.72. The normalized spacial score (nSPS) is 15.5. The Hall–Kier alpha value is -2.62. The van der Waals surface area contributed by atoms with E-state index in [2.05, 4.69) is 5.32 Å². The summed E-state index contributed by atoms with van der Waals surface area (Å²) in [5, 5.41) is 12.2. The molecule has 118 valence electrons. The van der Waals surface area contributed by atoms with Gasteiger partial charge < -0.3 is 10.4 Å². The minimum Gasteiger partial charge on any atom is -0.478 e. The number of carboxylic acid groups (broad SMARTS) is 1. The van der Waals surface area contributed by atoms with Gasteiger partial charge in [0.2, 0.25) is 5.91 Å². The quantitative estimate of drug-likeness (QED) is 0.892. The zero-order chi connectivity index (χ0) is 16.3. The summed E-state index contributed by atoms with van der Waals surface area (Å²) in [6, 6.07) is 16.6. The van der Waals surface area contributed by atoms with Crippen LogP contribution in [0, 0.1) is 0 Å². The molecule has 0 aromatic heterocycles. The molecule has 1 saturated carbocycles. The summed E-state index contributed by atoms with van der Waals surface area (Å²) in [7, 11) is 0. The number of amides is 1. The molecule has 1 aliphatic rings. The fourth-order valence-corrected chi connectivity index (χ4v) is 3.08. The summed E-state index contributed by atoms with van der Waals surface area (Å²) in [6.07, 6.45) is 3.18. The SMILES string of the molecule is O=C(Cc1cccc(C(=O)O)c1)NC1(c2ccccc2)CCC1. The molecule has 0 heterocycles. The topological polar surface area (TPSA) is 66.4 Å². The molecule has 2 N–H and O–H groups in total. The summed E-state index contributed by atoms with van der Waals surface area (Å²) < 4.78 is 0. The highest BCUT2D eigenvalue weighted by atomic mass is 16.4. The van der Waals surface area contributed by atoms with E-state index in [9.17, 15) is 9.59 Å². The van der Waals surface area contributed by atoms with E-state index < -0.39 is 5.97 Å². The van der Waals surface area contributed by atoms with E-state index in [1.165, 1.54) is 6.07 Å². The van der Waals surface area contributed by atoms with Gasteiger partial charge in [-0.15, -0.1) is 0 Å². The monoisotopic (exact) mass is 309 g/mol. The van der Waals surface area contributed by atoms with Gasteiger partial charge in [-0.2, -0.15) is 0 Å². The number of carbonyl (C=O) groups excluding carboxylic acids is 1. The number of nitrogens with one attached hydrogen (secondary N) is 1. The predicted molar refractivity (Wildman–Crippen MR) is 87.2 cm³/mol. The fraction of sp³-hybridized carbons (Fsp3) is 0.263. The highest BCUT2D eigenvalue weighted by Crippen LogP contribution is 2.41. The van der Waals surface area contributed by atoms with E-state index in [1.54, 1.807) is 18.2 Å². The van der Waals surface area contributed by atoms with Gasteiger partial charge in [0.1, 0.15) is 0 Å². The maximum atomic E-state index is 12.4. The average Bonchev–Trinajstić information content (AvgIpc) is 2.52. The average molecular weight is 309 g/mol. The molecule has 3 rings (SSSR count). The van der Waals surface area contributed by atoms with Gasteiger partial charge >= 0.3 is 5.97 Å². The maximum Gasteiger partial charge on any atom is 0.335 e. The summed E-state index contributed by atoms with van der Waals surface area (Å²) in [4.78, 5) is 23.4. The Morgan fingerprint density at radius 3 is 2.39 bits per heavy atom. The Morgan fingerprint density at radius 2 is 1.78 bits per heavy atom. The van der Waals surface area contributed by atoms with Crippen molar-refractivity contribution in [3.63, 3.8) is 0 Å². The first-order valence-corrected chi connectivity index (χ1v) is 7.78. The number of hydrogen-bond donors (Lipinski definition) is 2. The van der Waals surface area contributed by atoms with Gasteiger partial charge in [0, 0.05) is 0 Å². The number of benzene rings is 2. The van der Waals surface area contributed by atoms with Crippen LogP contribution < -0.4 is 5.32 Å². The predicted octanol–water partition coefficient (Wildman–Crippen LogP) is 3.12. The van der Waals surface area contributed by atoms with Crippen molar-refractivity contribution in [1.29, 1.82) is 0 Å². The lowest BCUT2D eigenvalue weighted by Crippen LogP contribution is -2.51. The Morgan fingerprint density at radius 1 is 1.04 bits per heavy atom. The molecule has 0 saturated heterocycles. The van der Waals surface area contributed by atoms with Crippen LogP contribution in [0.1, 0.15) is 40.7 Å². The van der Waals surface area contributed by atoms with Crippen molar-refractivity contribution in [2.75, 3.05) is 0 Å². The molecule has 0 radical (unpaired) electrons. The van der Waals surface area contributed by atoms with Crippen molar-refractivity contribution >= 4 is 11.9 Å². The van der Waals surface area contributed by atoms with E-state index in [0.717, 1.165) is 24.8 Å². The minimum absolute atomic E-state index is 0.0731. The standard InChI is InChI=1S/C19H19NO3/c21-17(13-14-6-4-7-15(12-14)18(22)23)20-19(10-5-11-19)16-8-2-1-3-9-16/h1-4,6-9,12H,5,10-11,13H2,(H,20,21)(H,22,23). The summed E-state index contributed by atoms with van der Waals surface area (Å²) >= 11 is 0. The number of aromatic carboxylic acids is 1. The van der Waals surface area contributed by atoms with E-state index in [1.807, 2.05) is 30.3 Å². The largest absolute Gasteiger partial charge is 0.478 e. The third kappa shape index (κ3) is 3.26. The molecule has 1 aliphatic carbocycles. The van der Waals surface area contributed by atoms with Crippen molar-refractivity contribution in [2.45, 2.75) is 31.2 Å². The van der Waals surface area contributed by atoms with Gasteiger partial charge in [-0.05, 0) is 42.5 Å². The molecule has 1 amide bonds. The molecule has 0 unspecified atom stereocenters. The lowest BCUT2D eigenvalue weighted by molar-refractivity contribution is -0.123. The van der Waals surface area contributed by atoms with Gasteiger partial charge in [-0.25, -0.2) is 4.79 Å². The first kappa shape index (κ1) is 15.3. The zero-order valence-corrected chi connectivity index (χ0v) is 12.8. The molecular formula is C19H19NO3. The van der Waals surface area contributed by atoms with Gasteiger partial charge in [0.15, 0.2) is 0 Å². The molecular weight excluding hydrogens is 290 g/mol. The van der Waals surface area contributed by atoms with E-state index in [-0.39, 0.29) is 23.4 Å². The molecule has 0 spiro atoms. The maximum absolute atomic E-state index is 12.4. The third-order valence-corrected chi connectivity index (χ3v) is 4.45. The molecule has 4 heteroatoms. The molecule has 2 aromatic rings. The first-order valence-electron chi connectivity index (χ1n) is 7.78. The smallest absolute Gasteiger partial charge is 0.335 e. The number of rotatable bonds is 5. The second-order valence-corrected chi connectivity index (χ2v) is 6.03. The Bertz CT molecular complexity index is 720. The van der Waals surface area contributed by atoms with Gasteiger partial charge in [0.25, 0.3) is 0 Å². The number of hydrogen-bond acceptors (Lipinski definition) is 2. The van der Waals surface area contributed by atoms with Crippen LogP contribution >= 0.6 is 0 Å². The molecule has 0 atom stereocenters. The van der Waals surface area contributed by atoms with Crippen LogP contribution in [-0.4, -0.2) is 17.0 Å². The molecule has 1 fully saturated rings. The van der Waals surface area contributed by atoms with Gasteiger partial charge in [-0.1, -0.05) is 42.5 Å². The van der Waals surface area contributed by atoms with Crippen LogP contribution in [0.3, 0.4) is 0 Å². The van der Waals surface area contributed by atoms with E-state index in [4.69, 9.17) is 5.11 Å². The Kier molecular flexibility index (Phi) is 4.15. The van der Waals surface area contributed by atoms with Crippen molar-refractivity contribution in [2.24, 2.45) is 0 Å². The van der Waals surface area contributed by atoms with Gasteiger partial charge in [0.05, 0.1) is 17.5 Å². The summed E-state index contributed by atoms with van der Waals surface area (Å²) in [5.41, 5.74) is 1.79. The highest BCUT2D eigenvalue weighted by molar-refractivity contribution is 5.88. The van der Waals surface area contributed by atoms with Gasteiger partial charge in [-0.3, -0.25) is 4.79 Å². The highest BCUT2D eigenvalue weighted by Gasteiger charge is 2.39. The lowest BCUT2D eigenvalue weighted by atomic mass is 9.71. The van der Waals surface area contributed by atoms with Crippen LogP contribution in [0.25, 0.3) is 0 Å². The molecule has 23 heavy (non-hydrogen) atoms. The number of carbonyl (C=O) groups is 2. The van der Waals surface area contributed by atoms with Crippen LogP contribution in [0.15, 0.2) is 54.6 Å². The van der Waals surface area contributed by atoms with Crippen LogP contribution in [0.5, 0.6) is 0 Å². The van der Waals surface area contributed by atoms with E-state index >= 15 is 0 Å². The summed E-state index contributed by atoms with van der Waals surface area (Å²) in [6.45, 7) is 0. The van der Waals surface area contributed by atoms with Crippen molar-refractivity contribution < 1.29 is 14.7 Å². The third-order valence-electron chi connectivity index (χ3n) is 4.45. The summed E-state index contributed by atoms with van der Waals surface area (Å²) in [5.74, 6) is -1.05. The lowest BCUT2D eigenvalue weighted by Gasteiger charge is -2.43. The first-order chi connectivity index (χ1) is 11.1. The zero-order valence-electron chi connectivity index (χ0n) is 12.8. The second-order valence-electron chi connectivity index (χ2n) is 6.03. The molecule has 0 aliphatic heterocycles. The van der Waals surface area contributed by atoms with Crippen LogP contribution in [0.2, 0.25) is 0 Å².